The van der Waals surface area contributed by atoms with Crippen LogP contribution in [0.4, 0.5) is 10.2 Å². The molecule has 4 nitrogen and oxygen atoms in total. The van der Waals surface area contributed by atoms with E-state index in [0.717, 1.165) is 5.56 Å². The third kappa shape index (κ3) is 2.07. The number of halogens is 1. The quantitative estimate of drug-likeness (QED) is 0.849. The molecule has 3 rings (SSSR count). The molecule has 1 atom stereocenters. The van der Waals surface area contributed by atoms with Gasteiger partial charge in [-0.1, -0.05) is 12.1 Å². The number of rotatable bonds is 1. The van der Waals surface area contributed by atoms with Crippen LogP contribution in [0.1, 0.15) is 34.0 Å². The molecule has 19 heavy (non-hydrogen) atoms. The third-order valence-electron chi connectivity index (χ3n) is 3.45. The van der Waals surface area contributed by atoms with Crippen molar-refractivity contribution in [2.75, 3.05) is 5.73 Å². The fraction of sp³-hybridized carbons (Fsp3) is 0.214. The molecule has 1 aromatic carbocycles. The highest BCUT2D eigenvalue weighted by atomic mass is 19.1. The maximum Gasteiger partial charge on any atom is 0.169 e. The first-order valence-corrected chi connectivity index (χ1v) is 6.03. The molecule has 0 bridgehead atoms. The largest absolute Gasteiger partial charge is 0.383 e. The van der Waals surface area contributed by atoms with Gasteiger partial charge in [0.25, 0.3) is 0 Å². The predicted octanol–water partition coefficient (Wildman–Crippen LogP) is 2.11. The Bertz CT molecular complexity index is 640. The summed E-state index contributed by atoms with van der Waals surface area (Å²) in [5.41, 5.74) is 7.78. The molecular weight excluding hydrogens is 245 g/mol. The number of ketones is 1. The Morgan fingerprint density at radius 1 is 1.16 bits per heavy atom. The van der Waals surface area contributed by atoms with Crippen LogP contribution in [-0.2, 0) is 6.42 Å². The molecule has 0 spiro atoms. The molecule has 5 heteroatoms. The van der Waals surface area contributed by atoms with Crippen molar-refractivity contribution in [3.63, 3.8) is 0 Å². The van der Waals surface area contributed by atoms with Gasteiger partial charge < -0.3 is 5.73 Å². The molecule has 0 unspecified atom stereocenters. The van der Waals surface area contributed by atoms with Crippen LogP contribution >= 0.6 is 0 Å². The second-order valence-corrected chi connectivity index (χ2v) is 4.66. The van der Waals surface area contributed by atoms with Crippen LogP contribution in [0.15, 0.2) is 30.6 Å². The number of hydrogen-bond acceptors (Lipinski definition) is 4. The molecule has 0 saturated heterocycles. The highest BCUT2D eigenvalue weighted by Crippen LogP contribution is 2.33. The fourth-order valence-electron chi connectivity index (χ4n) is 2.50. The number of anilines is 1. The standard InChI is InChI=1S/C14H12FN3O/c15-10-3-1-8(2-4-10)9-5-11-13(12(19)6-9)14(16)18-7-17-11/h1-4,7,9H,5-6H2,(H2,16,17,18)/t9-/m0/s1. The van der Waals surface area contributed by atoms with Crippen molar-refractivity contribution in [1.82, 2.24) is 9.97 Å². The molecule has 0 radical (unpaired) electrons. The van der Waals surface area contributed by atoms with Crippen LogP contribution in [-0.4, -0.2) is 15.8 Å². The van der Waals surface area contributed by atoms with Gasteiger partial charge in [-0.05, 0) is 30.0 Å². The van der Waals surface area contributed by atoms with Crippen molar-refractivity contribution in [3.8, 4) is 0 Å². The number of hydrogen-bond donors (Lipinski definition) is 1. The lowest BCUT2D eigenvalue weighted by Crippen LogP contribution is -2.22. The number of carbonyl (C=O) groups is 1. The topological polar surface area (TPSA) is 68.9 Å². The average Bonchev–Trinajstić information content (AvgIpc) is 2.39. The highest BCUT2D eigenvalue weighted by Gasteiger charge is 2.29. The molecule has 0 aliphatic heterocycles. The monoisotopic (exact) mass is 257 g/mol. The van der Waals surface area contributed by atoms with Crippen molar-refractivity contribution >= 4 is 11.6 Å². The van der Waals surface area contributed by atoms with Gasteiger partial charge >= 0.3 is 0 Å². The van der Waals surface area contributed by atoms with Crippen molar-refractivity contribution in [1.29, 1.82) is 0 Å². The van der Waals surface area contributed by atoms with Gasteiger partial charge in [0.1, 0.15) is 18.0 Å². The summed E-state index contributed by atoms with van der Waals surface area (Å²) in [4.78, 5) is 20.1. The SMILES string of the molecule is Nc1ncnc2c1C(=O)C[C@@H](c1ccc(F)cc1)C2. The summed E-state index contributed by atoms with van der Waals surface area (Å²) in [5, 5.41) is 0. The molecule has 1 aliphatic rings. The fourth-order valence-corrected chi connectivity index (χ4v) is 2.50. The number of fused-ring (bicyclic) bond motifs is 1. The summed E-state index contributed by atoms with van der Waals surface area (Å²) in [5.74, 6) is -0.0611. The number of aromatic nitrogens is 2. The molecule has 2 aromatic rings. The van der Waals surface area contributed by atoms with Crippen molar-refractivity contribution in [3.05, 3.63) is 53.2 Å². The number of nitrogens with two attached hydrogens (primary N) is 1. The zero-order chi connectivity index (χ0) is 13.4. The van der Waals surface area contributed by atoms with Gasteiger partial charge in [0.05, 0.1) is 11.3 Å². The maximum atomic E-state index is 12.9. The van der Waals surface area contributed by atoms with Gasteiger partial charge in [0.15, 0.2) is 5.78 Å². The summed E-state index contributed by atoms with van der Waals surface area (Å²) < 4.78 is 12.9. The van der Waals surface area contributed by atoms with Gasteiger partial charge in [-0.2, -0.15) is 0 Å². The Kier molecular flexibility index (Phi) is 2.74. The van der Waals surface area contributed by atoms with E-state index >= 15 is 0 Å². The average molecular weight is 257 g/mol. The van der Waals surface area contributed by atoms with Crippen molar-refractivity contribution < 1.29 is 9.18 Å². The number of nitrogen functional groups attached to an aromatic ring is 1. The van der Waals surface area contributed by atoms with Crippen LogP contribution in [0.2, 0.25) is 0 Å². The smallest absolute Gasteiger partial charge is 0.169 e. The van der Waals surface area contributed by atoms with E-state index in [1.165, 1.54) is 18.5 Å². The van der Waals surface area contributed by atoms with Gasteiger partial charge in [-0.15, -0.1) is 0 Å². The second kappa shape index (κ2) is 4.42. The van der Waals surface area contributed by atoms with Crippen LogP contribution < -0.4 is 5.73 Å². The number of benzene rings is 1. The molecular formula is C14H12FN3O. The van der Waals surface area contributed by atoms with Crippen LogP contribution in [0, 0.1) is 5.82 Å². The van der Waals surface area contributed by atoms with Crippen LogP contribution in [0.5, 0.6) is 0 Å². The Hall–Kier alpha value is -2.30. The number of nitrogens with zero attached hydrogens (tertiary/aromatic N) is 2. The number of Topliss-reactive ketones (excluding diaryl/α,β-unsaturated/α-hetero) is 1. The second-order valence-electron chi connectivity index (χ2n) is 4.66. The van der Waals surface area contributed by atoms with E-state index in [1.54, 1.807) is 12.1 Å². The van der Waals surface area contributed by atoms with E-state index in [-0.39, 0.29) is 23.3 Å². The summed E-state index contributed by atoms with van der Waals surface area (Å²) in [7, 11) is 0. The molecule has 0 amide bonds. The molecule has 2 N–H and O–H groups in total. The van der Waals surface area contributed by atoms with Crippen LogP contribution in [0.3, 0.4) is 0 Å². The zero-order valence-electron chi connectivity index (χ0n) is 10.1. The lowest BCUT2D eigenvalue weighted by molar-refractivity contribution is 0.0963. The lowest BCUT2D eigenvalue weighted by atomic mass is 9.82. The molecule has 96 valence electrons. The Labute approximate surface area is 109 Å². The Balaban J connectivity index is 1.97. The molecule has 0 fully saturated rings. The van der Waals surface area contributed by atoms with E-state index < -0.39 is 0 Å². The minimum Gasteiger partial charge on any atom is -0.383 e. The molecule has 0 saturated carbocycles. The van der Waals surface area contributed by atoms with Gasteiger partial charge in [-0.25, -0.2) is 14.4 Å². The minimum atomic E-state index is -0.280. The summed E-state index contributed by atoms with van der Waals surface area (Å²) in [6.07, 6.45) is 2.35. The minimum absolute atomic E-state index is 0.0231. The van der Waals surface area contributed by atoms with E-state index in [2.05, 4.69) is 9.97 Å². The lowest BCUT2D eigenvalue weighted by Gasteiger charge is -2.23. The highest BCUT2D eigenvalue weighted by molar-refractivity contribution is 6.02. The predicted molar refractivity (Wildman–Crippen MR) is 68.2 cm³/mol. The van der Waals surface area contributed by atoms with E-state index in [4.69, 9.17) is 5.73 Å². The summed E-state index contributed by atoms with van der Waals surface area (Å²) >= 11 is 0. The maximum absolute atomic E-state index is 12.9. The van der Waals surface area contributed by atoms with Gasteiger partial charge in [-0.3, -0.25) is 4.79 Å². The van der Waals surface area contributed by atoms with E-state index in [1.807, 2.05) is 0 Å². The molecule has 1 heterocycles. The third-order valence-corrected chi connectivity index (χ3v) is 3.45. The first kappa shape index (κ1) is 11.8. The Morgan fingerprint density at radius 3 is 2.63 bits per heavy atom. The summed E-state index contributed by atoms with van der Waals surface area (Å²) in [6.45, 7) is 0. The van der Waals surface area contributed by atoms with E-state index in [0.29, 0.717) is 24.1 Å². The van der Waals surface area contributed by atoms with E-state index in [9.17, 15) is 9.18 Å². The normalized spacial score (nSPS) is 18.2. The first-order chi connectivity index (χ1) is 9.15. The van der Waals surface area contributed by atoms with Crippen LogP contribution in [0.25, 0.3) is 0 Å². The van der Waals surface area contributed by atoms with Crippen molar-refractivity contribution in [2.45, 2.75) is 18.8 Å². The first-order valence-electron chi connectivity index (χ1n) is 6.03. The van der Waals surface area contributed by atoms with Gasteiger partial charge in [0.2, 0.25) is 0 Å². The number of carbonyl (C=O) groups excluding carboxylic acids is 1. The summed E-state index contributed by atoms with van der Waals surface area (Å²) in [6, 6.07) is 6.24. The molecule has 1 aromatic heterocycles. The zero-order valence-corrected chi connectivity index (χ0v) is 10.1. The van der Waals surface area contributed by atoms with Gasteiger partial charge in [0, 0.05) is 6.42 Å². The van der Waals surface area contributed by atoms with Crippen molar-refractivity contribution in [2.24, 2.45) is 0 Å². The Morgan fingerprint density at radius 2 is 1.89 bits per heavy atom. The molecule has 1 aliphatic carbocycles.